The maximum Gasteiger partial charge on any atom is 0.242 e. The fourth-order valence-electron chi connectivity index (χ4n) is 4.60. The second-order valence-electron chi connectivity index (χ2n) is 8.64. The van der Waals surface area contributed by atoms with E-state index < -0.39 is 0 Å². The first-order valence-corrected chi connectivity index (χ1v) is 12.2. The van der Waals surface area contributed by atoms with Crippen molar-refractivity contribution < 1.29 is 9.59 Å². The Kier molecular flexibility index (Phi) is 6.57. The number of fused-ring (bicyclic) bond motifs is 1. The Hall–Kier alpha value is -2.14. The molecule has 0 unspecified atom stereocenters. The highest BCUT2D eigenvalue weighted by Crippen LogP contribution is 2.39. The van der Waals surface area contributed by atoms with Gasteiger partial charge in [0.05, 0.1) is 12.6 Å². The maximum atomic E-state index is 13.6. The number of unbranched alkanes of at least 4 members (excludes halogenated alkanes) is 1. The number of carbonyl (C=O) groups excluding carboxylic acids is 2. The molecule has 1 fully saturated rings. The molecule has 0 bridgehead atoms. The molecule has 160 valence electrons. The monoisotopic (exact) mass is 424 g/mol. The van der Waals surface area contributed by atoms with Gasteiger partial charge in [0.2, 0.25) is 11.8 Å². The molecule has 4 nitrogen and oxygen atoms in total. The lowest BCUT2D eigenvalue weighted by Crippen LogP contribution is -2.49. The van der Waals surface area contributed by atoms with Crippen LogP contribution in [0, 0.1) is 12.8 Å². The van der Waals surface area contributed by atoms with Crippen LogP contribution in [0.2, 0.25) is 0 Å². The molecule has 2 aromatic rings. The molecule has 2 heterocycles. The van der Waals surface area contributed by atoms with Crippen LogP contribution in [0.15, 0.2) is 35.7 Å². The van der Waals surface area contributed by atoms with Crippen LogP contribution in [0.3, 0.4) is 0 Å². The number of nitrogens with zero attached hydrogens (tertiary/aromatic N) is 2. The molecule has 0 spiro atoms. The molecule has 4 rings (SSSR count). The molecule has 0 saturated heterocycles. The number of hydrogen-bond acceptors (Lipinski definition) is 3. The third-order valence-electron chi connectivity index (χ3n) is 6.64. The third kappa shape index (κ3) is 4.18. The number of aryl methyl sites for hydroxylation is 1. The number of thiophene rings is 1. The van der Waals surface area contributed by atoms with Crippen LogP contribution < -0.4 is 0 Å². The van der Waals surface area contributed by atoms with E-state index in [0.29, 0.717) is 13.1 Å². The van der Waals surface area contributed by atoms with Gasteiger partial charge >= 0.3 is 0 Å². The molecule has 30 heavy (non-hydrogen) atoms. The quantitative estimate of drug-likeness (QED) is 0.630. The first kappa shape index (κ1) is 21.1. The van der Waals surface area contributed by atoms with Crippen molar-refractivity contribution in [2.24, 2.45) is 5.92 Å². The predicted octanol–water partition coefficient (Wildman–Crippen LogP) is 4.96. The molecule has 2 aliphatic rings. The van der Waals surface area contributed by atoms with Gasteiger partial charge in [-0.3, -0.25) is 9.59 Å². The summed E-state index contributed by atoms with van der Waals surface area (Å²) in [4.78, 5) is 31.8. The topological polar surface area (TPSA) is 40.6 Å². The summed E-state index contributed by atoms with van der Waals surface area (Å²) < 4.78 is 0. The highest BCUT2D eigenvalue weighted by molar-refractivity contribution is 7.10. The number of rotatable bonds is 7. The summed E-state index contributed by atoms with van der Waals surface area (Å²) in [5, 5.41) is 2.14. The molecule has 1 aliphatic heterocycles. The molecule has 5 heteroatoms. The summed E-state index contributed by atoms with van der Waals surface area (Å²) in [6, 6.07) is 10.5. The van der Waals surface area contributed by atoms with Gasteiger partial charge in [-0.05, 0) is 60.7 Å². The molecule has 0 radical (unpaired) electrons. The van der Waals surface area contributed by atoms with Gasteiger partial charge in [-0.2, -0.15) is 0 Å². The zero-order valence-electron chi connectivity index (χ0n) is 18.1. The second-order valence-corrected chi connectivity index (χ2v) is 9.64. The molecule has 1 saturated carbocycles. The smallest absolute Gasteiger partial charge is 0.242 e. The van der Waals surface area contributed by atoms with Gasteiger partial charge in [-0.1, -0.05) is 44.0 Å². The van der Waals surface area contributed by atoms with E-state index in [1.165, 1.54) is 21.6 Å². The normalized spacial score (nSPS) is 18.6. The van der Waals surface area contributed by atoms with Crippen LogP contribution in [0.4, 0.5) is 0 Å². The molecular weight excluding hydrogens is 392 g/mol. The minimum atomic E-state index is -0.0551. The molecule has 0 N–H and O–H groups in total. The molecule has 1 aromatic heterocycles. The van der Waals surface area contributed by atoms with Crippen LogP contribution in [-0.2, 0) is 16.0 Å². The lowest BCUT2D eigenvalue weighted by molar-refractivity contribution is -0.145. The summed E-state index contributed by atoms with van der Waals surface area (Å²) in [7, 11) is 0. The van der Waals surface area contributed by atoms with Crippen LogP contribution >= 0.6 is 11.3 Å². The molecule has 1 aliphatic carbocycles. The number of amides is 2. The fraction of sp³-hybridized carbons (Fsp3) is 0.520. The van der Waals surface area contributed by atoms with Crippen molar-refractivity contribution in [3.63, 3.8) is 0 Å². The average molecular weight is 425 g/mol. The van der Waals surface area contributed by atoms with Gasteiger partial charge in [-0.15, -0.1) is 11.3 Å². The van der Waals surface area contributed by atoms with E-state index in [1.807, 2.05) is 15.9 Å². The van der Waals surface area contributed by atoms with Gasteiger partial charge in [0.25, 0.3) is 0 Å². The largest absolute Gasteiger partial charge is 0.333 e. The Morgan fingerprint density at radius 3 is 2.67 bits per heavy atom. The van der Waals surface area contributed by atoms with Crippen molar-refractivity contribution in [2.45, 2.75) is 58.4 Å². The second kappa shape index (κ2) is 9.34. The average Bonchev–Trinajstić information content (AvgIpc) is 3.18. The fourth-order valence-corrected chi connectivity index (χ4v) is 5.50. The third-order valence-corrected chi connectivity index (χ3v) is 7.64. The van der Waals surface area contributed by atoms with E-state index in [9.17, 15) is 9.59 Å². The minimum Gasteiger partial charge on any atom is -0.333 e. The van der Waals surface area contributed by atoms with Crippen molar-refractivity contribution in [3.05, 3.63) is 57.3 Å². The van der Waals surface area contributed by atoms with Crippen LogP contribution in [0.1, 0.15) is 66.6 Å². The highest BCUT2D eigenvalue weighted by atomic mass is 32.1. The summed E-state index contributed by atoms with van der Waals surface area (Å²) in [5.41, 5.74) is 3.64. The predicted molar refractivity (Wildman–Crippen MR) is 122 cm³/mol. The van der Waals surface area contributed by atoms with Gasteiger partial charge in [0, 0.05) is 23.9 Å². The van der Waals surface area contributed by atoms with Crippen LogP contribution in [0.5, 0.6) is 0 Å². The Bertz CT molecular complexity index is 902. The summed E-state index contributed by atoms with van der Waals surface area (Å²) in [6.07, 6.45) is 5.95. The number of carbonyl (C=O) groups is 2. The minimum absolute atomic E-state index is 0.0551. The van der Waals surface area contributed by atoms with Gasteiger partial charge < -0.3 is 9.80 Å². The maximum absolute atomic E-state index is 13.6. The van der Waals surface area contributed by atoms with E-state index in [0.717, 1.165) is 38.5 Å². The summed E-state index contributed by atoms with van der Waals surface area (Å²) in [6.45, 7) is 5.85. The van der Waals surface area contributed by atoms with Gasteiger partial charge in [-0.25, -0.2) is 0 Å². The highest BCUT2D eigenvalue weighted by Gasteiger charge is 2.36. The van der Waals surface area contributed by atoms with E-state index in [2.05, 4.69) is 43.5 Å². The molecular formula is C25H32N2O2S. The SMILES string of the molecule is CCCCN(CC(=O)N1CCc2sccc2[C@H]1c1ccccc1C)C(=O)C1CCC1. The van der Waals surface area contributed by atoms with Crippen molar-refractivity contribution >= 4 is 23.2 Å². The van der Waals surface area contributed by atoms with E-state index in [-0.39, 0.29) is 30.3 Å². The first-order valence-electron chi connectivity index (χ1n) is 11.3. The number of benzene rings is 1. The van der Waals surface area contributed by atoms with Crippen molar-refractivity contribution in [1.82, 2.24) is 9.80 Å². The Morgan fingerprint density at radius 1 is 1.17 bits per heavy atom. The van der Waals surface area contributed by atoms with E-state index in [1.54, 1.807) is 11.3 Å². The summed E-state index contributed by atoms with van der Waals surface area (Å²) in [5.74, 6) is 0.388. The Labute approximate surface area is 183 Å². The summed E-state index contributed by atoms with van der Waals surface area (Å²) >= 11 is 1.79. The van der Waals surface area contributed by atoms with Gasteiger partial charge in [0.1, 0.15) is 0 Å². The van der Waals surface area contributed by atoms with Crippen molar-refractivity contribution in [3.8, 4) is 0 Å². The standard InChI is InChI=1S/C25H32N2O2S/c1-3-4-14-26(25(29)19-9-7-10-19)17-23(28)27-15-12-22-21(13-16-30-22)24(27)20-11-6-5-8-18(20)2/h5-6,8,11,13,16,19,24H,3-4,7,9-10,12,14-15,17H2,1-2H3/t24-/m1/s1. The van der Waals surface area contributed by atoms with Crippen LogP contribution in [-0.4, -0.2) is 41.2 Å². The zero-order chi connectivity index (χ0) is 21.1. The van der Waals surface area contributed by atoms with Crippen LogP contribution in [0.25, 0.3) is 0 Å². The number of hydrogen-bond donors (Lipinski definition) is 0. The first-order chi connectivity index (χ1) is 14.6. The Balaban J connectivity index is 1.59. The molecule has 1 aromatic carbocycles. The molecule has 1 atom stereocenters. The Morgan fingerprint density at radius 2 is 1.97 bits per heavy atom. The van der Waals surface area contributed by atoms with E-state index >= 15 is 0 Å². The van der Waals surface area contributed by atoms with Gasteiger partial charge in [0.15, 0.2) is 0 Å². The van der Waals surface area contributed by atoms with Crippen molar-refractivity contribution in [1.29, 1.82) is 0 Å². The van der Waals surface area contributed by atoms with E-state index in [4.69, 9.17) is 0 Å². The zero-order valence-corrected chi connectivity index (χ0v) is 18.9. The molecule has 2 amide bonds. The lowest BCUT2D eigenvalue weighted by atomic mass is 9.84. The lowest BCUT2D eigenvalue weighted by Gasteiger charge is -2.39. The van der Waals surface area contributed by atoms with Crippen molar-refractivity contribution in [2.75, 3.05) is 19.6 Å².